The Hall–Kier alpha value is -1.59. The summed E-state index contributed by atoms with van der Waals surface area (Å²) in [6.07, 6.45) is 12.9. The van der Waals surface area contributed by atoms with Gasteiger partial charge in [0.1, 0.15) is 4.90 Å². The summed E-state index contributed by atoms with van der Waals surface area (Å²) in [4.78, 5) is 1.41. The van der Waals surface area contributed by atoms with Gasteiger partial charge >= 0.3 is 0 Å². The van der Waals surface area contributed by atoms with Gasteiger partial charge in [0.15, 0.2) is 9.84 Å². The van der Waals surface area contributed by atoms with Gasteiger partial charge in [0.2, 0.25) is 0 Å². The van der Waals surface area contributed by atoms with Crippen molar-refractivity contribution < 1.29 is 8.42 Å². The van der Waals surface area contributed by atoms with Crippen LogP contribution in [0.3, 0.4) is 0 Å². The molecule has 11 heteroatoms. The van der Waals surface area contributed by atoms with Gasteiger partial charge in [-0.1, -0.05) is 0 Å². The highest BCUT2D eigenvalue weighted by molar-refractivity contribution is 9.10. The van der Waals surface area contributed by atoms with E-state index in [-0.39, 0.29) is 4.90 Å². The van der Waals surface area contributed by atoms with E-state index < -0.39 is 9.84 Å². The third-order valence-corrected chi connectivity index (χ3v) is 4.28. The number of H-pyrrole nitrogens is 3. The summed E-state index contributed by atoms with van der Waals surface area (Å²) in [5, 5.41) is 18.6. The van der Waals surface area contributed by atoms with Gasteiger partial charge in [-0.2, -0.15) is 15.3 Å². The van der Waals surface area contributed by atoms with Crippen LogP contribution in [-0.2, 0) is 9.84 Å². The SMILES string of the molecule is Brc1cn[nH]c1.CS(=O)(=O)c1cn[nH]c1.CSc1cn[nH]c1. The number of hydrogen-bond acceptors (Lipinski definition) is 6. The largest absolute Gasteiger partial charge is 0.285 e. The fourth-order valence-corrected chi connectivity index (χ4v) is 2.07. The van der Waals surface area contributed by atoms with Crippen LogP contribution < -0.4 is 0 Å². The summed E-state index contributed by atoms with van der Waals surface area (Å²) in [6, 6.07) is 0. The first kappa shape index (κ1) is 18.5. The Labute approximate surface area is 140 Å². The van der Waals surface area contributed by atoms with Gasteiger partial charge in [0.05, 0.1) is 23.1 Å². The van der Waals surface area contributed by atoms with Gasteiger partial charge in [-0.05, 0) is 22.2 Å². The Morgan fingerprint density at radius 1 is 1.00 bits per heavy atom. The Kier molecular flexibility index (Phi) is 7.91. The van der Waals surface area contributed by atoms with E-state index in [0.29, 0.717) is 0 Å². The molecule has 0 saturated heterocycles. The molecule has 3 aromatic rings. The lowest BCUT2D eigenvalue weighted by Crippen LogP contribution is -1.93. The molecule has 3 aromatic heterocycles. The van der Waals surface area contributed by atoms with Crippen molar-refractivity contribution in [2.24, 2.45) is 0 Å². The Balaban J connectivity index is 0.000000169. The molecule has 0 aliphatic heterocycles. The van der Waals surface area contributed by atoms with Gasteiger partial charge in [-0.25, -0.2) is 8.42 Å². The molecule has 3 rings (SSSR count). The zero-order valence-electron chi connectivity index (χ0n) is 11.8. The summed E-state index contributed by atoms with van der Waals surface area (Å²) >= 11 is 4.87. The van der Waals surface area contributed by atoms with Crippen LogP contribution in [0, 0.1) is 0 Å². The maximum atomic E-state index is 10.6. The van der Waals surface area contributed by atoms with Gasteiger partial charge in [-0.3, -0.25) is 15.3 Å². The highest BCUT2D eigenvalue weighted by Gasteiger charge is 2.05. The number of aromatic amines is 3. The molecule has 3 N–H and O–H groups in total. The molecular weight excluding hydrogens is 392 g/mol. The van der Waals surface area contributed by atoms with Crippen molar-refractivity contribution in [2.75, 3.05) is 12.5 Å². The third kappa shape index (κ3) is 7.43. The molecular formula is C11H15BrN6O2S2. The van der Waals surface area contributed by atoms with Crippen molar-refractivity contribution in [3.05, 3.63) is 41.7 Å². The van der Waals surface area contributed by atoms with E-state index in [1.807, 2.05) is 12.5 Å². The average Bonchev–Trinajstić information content (AvgIpc) is 3.22. The normalized spacial score (nSPS) is 10.1. The minimum absolute atomic E-state index is 0.225. The maximum absolute atomic E-state index is 10.6. The molecule has 22 heavy (non-hydrogen) atoms. The molecule has 0 saturated carbocycles. The molecule has 120 valence electrons. The molecule has 3 heterocycles. The van der Waals surface area contributed by atoms with Crippen LogP contribution in [0.15, 0.2) is 51.4 Å². The number of halogens is 1. The summed E-state index contributed by atoms with van der Waals surface area (Å²) in [5.74, 6) is 0. The fraction of sp³-hybridized carbons (Fsp3) is 0.182. The Morgan fingerprint density at radius 2 is 1.59 bits per heavy atom. The monoisotopic (exact) mass is 406 g/mol. The van der Waals surface area contributed by atoms with Crippen molar-refractivity contribution in [2.45, 2.75) is 9.79 Å². The van der Waals surface area contributed by atoms with Crippen molar-refractivity contribution in [1.29, 1.82) is 0 Å². The van der Waals surface area contributed by atoms with E-state index in [2.05, 4.69) is 46.5 Å². The molecule has 0 atom stereocenters. The summed E-state index contributed by atoms with van der Waals surface area (Å²) in [5.41, 5.74) is 0. The van der Waals surface area contributed by atoms with Crippen molar-refractivity contribution in [3.63, 3.8) is 0 Å². The highest BCUT2D eigenvalue weighted by Crippen LogP contribution is 2.08. The minimum Gasteiger partial charge on any atom is -0.285 e. The number of nitrogens with one attached hydrogen (secondary N) is 3. The summed E-state index contributed by atoms with van der Waals surface area (Å²) in [7, 11) is -3.05. The summed E-state index contributed by atoms with van der Waals surface area (Å²) < 4.78 is 22.3. The fourth-order valence-electron chi connectivity index (χ4n) is 1.03. The zero-order chi connectivity index (χ0) is 16.4. The lowest BCUT2D eigenvalue weighted by molar-refractivity contribution is 0.602. The maximum Gasteiger partial charge on any atom is 0.178 e. The average molecular weight is 407 g/mol. The van der Waals surface area contributed by atoms with E-state index in [0.717, 1.165) is 10.7 Å². The van der Waals surface area contributed by atoms with Gasteiger partial charge < -0.3 is 0 Å². The topological polar surface area (TPSA) is 120 Å². The van der Waals surface area contributed by atoms with E-state index >= 15 is 0 Å². The molecule has 0 radical (unpaired) electrons. The number of rotatable bonds is 2. The van der Waals surface area contributed by atoms with Crippen LogP contribution in [-0.4, -0.2) is 51.5 Å². The highest BCUT2D eigenvalue weighted by atomic mass is 79.9. The van der Waals surface area contributed by atoms with Gasteiger partial charge in [0.25, 0.3) is 0 Å². The molecule has 0 unspecified atom stereocenters. The summed E-state index contributed by atoms with van der Waals surface area (Å²) in [6.45, 7) is 0. The first-order chi connectivity index (χ1) is 10.4. The van der Waals surface area contributed by atoms with Crippen LogP contribution >= 0.6 is 27.7 Å². The zero-order valence-corrected chi connectivity index (χ0v) is 15.0. The first-order valence-corrected chi connectivity index (χ1v) is 9.70. The van der Waals surface area contributed by atoms with E-state index in [1.165, 1.54) is 17.3 Å². The first-order valence-electron chi connectivity index (χ1n) is 5.79. The van der Waals surface area contributed by atoms with Crippen molar-refractivity contribution >= 4 is 37.5 Å². The molecule has 0 fully saturated rings. The molecule has 0 amide bonds. The second kappa shape index (κ2) is 9.43. The number of nitrogens with zero attached hydrogens (tertiary/aromatic N) is 3. The molecule has 0 bridgehead atoms. The smallest absolute Gasteiger partial charge is 0.178 e. The Bertz CT molecular complexity index is 711. The quantitative estimate of drug-likeness (QED) is 0.560. The molecule has 0 aliphatic rings. The predicted molar refractivity (Wildman–Crippen MR) is 88.4 cm³/mol. The molecule has 8 nitrogen and oxygen atoms in total. The van der Waals surface area contributed by atoms with Gasteiger partial charge in [0, 0.05) is 29.7 Å². The standard InChI is InChI=1S/C4H6N2O2S.C4H6N2S.C3H3BrN2/c1-9(7,8)4-2-5-6-3-4;1-7-4-2-5-6-3-4;4-3-1-5-6-2-3/h2-3H,1H3,(H,5,6);2-3H,1H3,(H,5,6);1-2H,(H,5,6). The van der Waals surface area contributed by atoms with Crippen LogP contribution in [0.5, 0.6) is 0 Å². The predicted octanol–water partition coefficient (Wildman–Crippen LogP) is 2.12. The van der Waals surface area contributed by atoms with E-state index in [1.54, 1.807) is 30.4 Å². The van der Waals surface area contributed by atoms with Crippen molar-refractivity contribution in [1.82, 2.24) is 30.6 Å². The number of thioether (sulfide) groups is 1. The lowest BCUT2D eigenvalue weighted by Gasteiger charge is -1.85. The van der Waals surface area contributed by atoms with Crippen LogP contribution in [0.4, 0.5) is 0 Å². The lowest BCUT2D eigenvalue weighted by atomic mass is 10.7. The van der Waals surface area contributed by atoms with Crippen LogP contribution in [0.25, 0.3) is 0 Å². The number of aromatic nitrogens is 6. The number of sulfone groups is 1. The van der Waals surface area contributed by atoms with Crippen LogP contribution in [0.1, 0.15) is 0 Å². The van der Waals surface area contributed by atoms with E-state index in [9.17, 15) is 8.42 Å². The molecule has 0 aliphatic carbocycles. The van der Waals surface area contributed by atoms with Crippen LogP contribution in [0.2, 0.25) is 0 Å². The second-order valence-corrected chi connectivity index (χ2v) is 7.57. The molecule has 0 spiro atoms. The van der Waals surface area contributed by atoms with Gasteiger partial charge in [-0.15, -0.1) is 11.8 Å². The molecule has 0 aromatic carbocycles. The second-order valence-electron chi connectivity index (χ2n) is 3.76. The van der Waals surface area contributed by atoms with Crippen molar-refractivity contribution in [3.8, 4) is 0 Å². The third-order valence-electron chi connectivity index (χ3n) is 2.07. The Morgan fingerprint density at radius 3 is 1.82 bits per heavy atom. The minimum atomic E-state index is -3.05. The number of hydrogen-bond donors (Lipinski definition) is 3. The van der Waals surface area contributed by atoms with E-state index in [4.69, 9.17) is 0 Å².